The van der Waals surface area contributed by atoms with Crippen LogP contribution in [0, 0.1) is 11.3 Å². The van der Waals surface area contributed by atoms with E-state index in [1.807, 2.05) is 0 Å². The third-order valence-electron chi connectivity index (χ3n) is 8.99. The van der Waals surface area contributed by atoms with Crippen molar-refractivity contribution in [3.05, 3.63) is 53.2 Å². The molecular weight excluding hydrogens is 581 g/mol. The van der Waals surface area contributed by atoms with Crippen molar-refractivity contribution in [2.45, 2.75) is 43.4 Å². The molecule has 44 heavy (non-hydrogen) atoms. The summed E-state index contributed by atoms with van der Waals surface area (Å²) in [4.78, 5) is 36.6. The van der Waals surface area contributed by atoms with E-state index in [2.05, 4.69) is 20.6 Å². The lowest BCUT2D eigenvalue weighted by atomic mass is 9.72. The Morgan fingerprint density at radius 3 is 2.75 bits per heavy atom. The minimum Gasteiger partial charge on any atom is -0.484 e. The summed E-state index contributed by atoms with van der Waals surface area (Å²) < 4.78 is 48.3. The SMILES string of the molecule is C/N=C/c1ccc(N2N=C3C[C@]4(CCc5cc(OCC(F)(F)F)ccc54)NC(=O)C3C2(C)C(=O)NCC2(CO)COC2)nc1. The van der Waals surface area contributed by atoms with Crippen molar-refractivity contribution in [3.63, 3.8) is 0 Å². The van der Waals surface area contributed by atoms with Gasteiger partial charge in [-0.25, -0.2) is 9.99 Å². The first kappa shape index (κ1) is 30.0. The van der Waals surface area contributed by atoms with Gasteiger partial charge in [0.25, 0.3) is 0 Å². The lowest BCUT2D eigenvalue weighted by Gasteiger charge is -2.44. The van der Waals surface area contributed by atoms with Gasteiger partial charge in [-0.05, 0) is 55.2 Å². The lowest BCUT2D eigenvalue weighted by Crippen LogP contribution is -2.66. The number of anilines is 1. The van der Waals surface area contributed by atoms with Crippen LogP contribution in [0.3, 0.4) is 0 Å². The number of aryl methyl sites for hydroxylation is 1. The molecule has 0 saturated carbocycles. The Balaban J connectivity index is 1.32. The number of nitrogens with one attached hydrogen (secondary N) is 2. The monoisotopic (exact) mass is 614 g/mol. The molecule has 0 bridgehead atoms. The van der Waals surface area contributed by atoms with E-state index in [9.17, 15) is 27.9 Å². The number of hydrogen-bond donors (Lipinski definition) is 3. The number of aromatic nitrogens is 1. The minimum absolute atomic E-state index is 0.104. The van der Waals surface area contributed by atoms with Crippen LogP contribution in [0.2, 0.25) is 0 Å². The highest BCUT2D eigenvalue weighted by Crippen LogP contribution is 2.48. The van der Waals surface area contributed by atoms with Crippen molar-refractivity contribution in [2.75, 3.05) is 45.0 Å². The molecule has 2 amide bonds. The molecule has 2 aromatic rings. The molecule has 1 aromatic heterocycles. The number of ether oxygens (including phenoxy) is 2. The Morgan fingerprint density at radius 1 is 1.32 bits per heavy atom. The van der Waals surface area contributed by atoms with E-state index in [-0.39, 0.29) is 24.8 Å². The van der Waals surface area contributed by atoms with Crippen LogP contribution in [-0.4, -0.2) is 85.6 Å². The molecule has 2 unspecified atom stereocenters. The van der Waals surface area contributed by atoms with Crippen molar-refractivity contribution >= 4 is 29.6 Å². The first-order chi connectivity index (χ1) is 20.9. The summed E-state index contributed by atoms with van der Waals surface area (Å²) in [7, 11) is 1.64. The molecular formula is C30H33F3N6O5. The van der Waals surface area contributed by atoms with Crippen molar-refractivity contribution < 1.29 is 37.3 Å². The lowest BCUT2D eigenvalue weighted by molar-refractivity contribution is -0.153. The third kappa shape index (κ3) is 5.09. The highest BCUT2D eigenvalue weighted by atomic mass is 19.4. The van der Waals surface area contributed by atoms with Crippen LogP contribution in [0.5, 0.6) is 5.75 Å². The third-order valence-corrected chi connectivity index (χ3v) is 8.99. The molecule has 234 valence electrons. The fraction of sp³-hybridized carbons (Fsp3) is 0.500. The molecule has 1 spiro atoms. The van der Waals surface area contributed by atoms with E-state index in [0.717, 1.165) is 16.7 Å². The van der Waals surface area contributed by atoms with Gasteiger partial charge in [-0.1, -0.05) is 6.07 Å². The fourth-order valence-electron chi connectivity index (χ4n) is 6.59. The van der Waals surface area contributed by atoms with Gasteiger partial charge in [0.15, 0.2) is 12.1 Å². The van der Waals surface area contributed by atoms with Crippen LogP contribution in [0.15, 0.2) is 46.6 Å². The number of pyridine rings is 1. The van der Waals surface area contributed by atoms with Crippen LogP contribution in [0.25, 0.3) is 0 Å². The second-order valence-electron chi connectivity index (χ2n) is 12.1. The number of aliphatic hydroxyl groups is 1. The predicted molar refractivity (Wildman–Crippen MR) is 154 cm³/mol. The van der Waals surface area contributed by atoms with E-state index in [0.29, 0.717) is 44.0 Å². The van der Waals surface area contributed by atoms with E-state index in [1.54, 1.807) is 50.6 Å². The molecule has 3 atom stereocenters. The van der Waals surface area contributed by atoms with Crippen LogP contribution < -0.4 is 20.4 Å². The maximum Gasteiger partial charge on any atom is 0.422 e. The normalized spacial score (nSPS) is 27.0. The van der Waals surface area contributed by atoms with E-state index < -0.39 is 41.1 Å². The summed E-state index contributed by atoms with van der Waals surface area (Å²) in [5, 5.41) is 22.3. The summed E-state index contributed by atoms with van der Waals surface area (Å²) in [5.41, 5.74) is -0.101. The van der Waals surface area contributed by atoms with Crippen LogP contribution in [-0.2, 0) is 26.3 Å². The Kier molecular flexibility index (Phi) is 7.39. The molecule has 4 heterocycles. The van der Waals surface area contributed by atoms with Gasteiger partial charge in [-0.3, -0.25) is 14.6 Å². The van der Waals surface area contributed by atoms with Gasteiger partial charge >= 0.3 is 6.18 Å². The maximum atomic E-state index is 14.0. The number of aliphatic imine (C=N–C) groups is 1. The number of carbonyl (C=O) groups is 2. The molecule has 11 nitrogen and oxygen atoms in total. The van der Waals surface area contributed by atoms with Gasteiger partial charge in [0.2, 0.25) is 11.8 Å². The van der Waals surface area contributed by atoms with Crippen molar-refractivity contribution in [1.82, 2.24) is 15.6 Å². The maximum absolute atomic E-state index is 14.0. The number of hydrogen-bond acceptors (Lipinski definition) is 9. The summed E-state index contributed by atoms with van der Waals surface area (Å²) in [6.07, 6.45) is 0.109. The Morgan fingerprint density at radius 2 is 2.11 bits per heavy atom. The molecule has 1 aromatic carbocycles. The van der Waals surface area contributed by atoms with Crippen LogP contribution in [0.4, 0.5) is 19.0 Å². The zero-order valence-corrected chi connectivity index (χ0v) is 24.3. The van der Waals surface area contributed by atoms with Crippen LogP contribution in [0.1, 0.15) is 36.5 Å². The number of amides is 2. The summed E-state index contributed by atoms with van der Waals surface area (Å²) in [5.74, 6) is -1.33. The molecule has 3 N–H and O–H groups in total. The standard InChI is InChI=1S/C30H33F3N6O5/c1-27(26(42)36-13-28(14-40)15-43-16-28)24-22(38-39(27)23-6-3-18(11-34-2)12-35-23)10-29(37-25(24)41)8-7-19-9-20(4-5-21(19)29)44-17-30(31,32)33/h3-6,9,11-12,24,40H,7-8,10,13-17H2,1-2H3,(H,36,42)(H,37,41)/b34-11+/t24?,27?,29-/m0/s1. The predicted octanol–water partition coefficient (Wildman–Crippen LogP) is 2.11. The fourth-order valence-corrected chi connectivity index (χ4v) is 6.59. The summed E-state index contributed by atoms with van der Waals surface area (Å²) >= 11 is 0. The minimum atomic E-state index is -4.46. The molecule has 14 heteroatoms. The number of fused-ring (bicyclic) bond motifs is 3. The number of carbonyl (C=O) groups excluding carboxylic acids is 2. The highest BCUT2D eigenvalue weighted by molar-refractivity contribution is 6.16. The van der Waals surface area contributed by atoms with Gasteiger partial charge in [0, 0.05) is 38.0 Å². The first-order valence-electron chi connectivity index (χ1n) is 14.3. The molecule has 4 aliphatic rings. The molecule has 0 radical (unpaired) electrons. The Hall–Kier alpha value is -4.04. The highest BCUT2D eigenvalue weighted by Gasteiger charge is 2.62. The number of piperidine rings is 1. The molecule has 2 saturated heterocycles. The zero-order valence-electron chi connectivity index (χ0n) is 24.3. The van der Waals surface area contributed by atoms with Gasteiger partial charge < -0.3 is 25.2 Å². The molecule has 1 aliphatic carbocycles. The average molecular weight is 615 g/mol. The second-order valence-corrected chi connectivity index (χ2v) is 12.1. The van der Waals surface area contributed by atoms with Gasteiger partial charge in [0.05, 0.1) is 36.5 Å². The van der Waals surface area contributed by atoms with Gasteiger partial charge in [0.1, 0.15) is 17.5 Å². The average Bonchev–Trinajstić information content (AvgIpc) is 3.46. The number of halogens is 3. The van der Waals surface area contributed by atoms with Gasteiger partial charge in [-0.2, -0.15) is 18.3 Å². The Bertz CT molecular complexity index is 1520. The smallest absolute Gasteiger partial charge is 0.422 e. The summed E-state index contributed by atoms with van der Waals surface area (Å²) in [6, 6.07) is 8.25. The number of benzene rings is 1. The van der Waals surface area contributed by atoms with Crippen molar-refractivity contribution in [2.24, 2.45) is 21.4 Å². The number of nitrogens with zero attached hydrogens (tertiary/aromatic N) is 4. The second kappa shape index (κ2) is 10.8. The van der Waals surface area contributed by atoms with E-state index in [4.69, 9.17) is 14.6 Å². The largest absolute Gasteiger partial charge is 0.484 e. The van der Waals surface area contributed by atoms with Crippen LogP contribution >= 0.6 is 0 Å². The number of rotatable bonds is 8. The van der Waals surface area contributed by atoms with Crippen molar-refractivity contribution in [1.29, 1.82) is 0 Å². The van der Waals surface area contributed by atoms with E-state index in [1.165, 1.54) is 11.1 Å². The van der Waals surface area contributed by atoms with Gasteiger partial charge in [-0.15, -0.1) is 0 Å². The number of alkyl halides is 3. The summed E-state index contributed by atoms with van der Waals surface area (Å²) in [6.45, 7) is 0.873. The zero-order chi connectivity index (χ0) is 31.3. The topological polar surface area (TPSA) is 138 Å². The number of hydrazone groups is 1. The first-order valence-corrected chi connectivity index (χ1v) is 14.3. The molecule has 6 rings (SSSR count). The quantitative estimate of drug-likeness (QED) is 0.388. The molecule has 2 fully saturated rings. The van der Waals surface area contributed by atoms with Crippen molar-refractivity contribution in [3.8, 4) is 5.75 Å². The Labute approximate surface area is 251 Å². The number of aliphatic hydroxyl groups excluding tert-OH is 1. The molecule has 3 aliphatic heterocycles. The van der Waals surface area contributed by atoms with E-state index >= 15 is 0 Å².